The second-order valence-electron chi connectivity index (χ2n) is 5.80. The van der Waals surface area contributed by atoms with E-state index in [4.69, 9.17) is 4.74 Å². The fourth-order valence-corrected chi connectivity index (χ4v) is 3.19. The van der Waals surface area contributed by atoms with Crippen LogP contribution in [0.2, 0.25) is 0 Å². The van der Waals surface area contributed by atoms with Crippen LogP contribution in [0.5, 0.6) is 0 Å². The molecule has 0 heterocycles. The highest BCUT2D eigenvalue weighted by Gasteiger charge is 2.64. The van der Waals surface area contributed by atoms with Crippen molar-refractivity contribution in [2.45, 2.75) is 37.9 Å². The SMILES string of the molecule is COC(=O)C(=O)O[C@@H]1[C@@H](C(=O)OC)[C@@H]1[C@@H](O)C1CCCCC1=O. The maximum Gasteiger partial charge on any atom is 0.417 e. The molecule has 0 saturated heterocycles. The molecule has 2 rings (SSSR count). The van der Waals surface area contributed by atoms with Crippen LogP contribution < -0.4 is 0 Å². The fourth-order valence-electron chi connectivity index (χ4n) is 3.19. The van der Waals surface area contributed by atoms with Gasteiger partial charge in [-0.3, -0.25) is 9.59 Å². The second-order valence-corrected chi connectivity index (χ2v) is 5.80. The molecule has 0 spiro atoms. The van der Waals surface area contributed by atoms with Gasteiger partial charge in [0.1, 0.15) is 17.8 Å². The predicted molar refractivity (Wildman–Crippen MR) is 73.9 cm³/mol. The average molecular weight is 328 g/mol. The lowest BCUT2D eigenvalue weighted by Crippen LogP contribution is -2.34. The molecule has 1 N–H and O–H groups in total. The van der Waals surface area contributed by atoms with Crippen molar-refractivity contribution in [2.75, 3.05) is 14.2 Å². The molecule has 0 aromatic heterocycles. The Labute approximate surface area is 133 Å². The summed E-state index contributed by atoms with van der Waals surface area (Å²) in [4.78, 5) is 46.3. The van der Waals surface area contributed by atoms with Gasteiger partial charge in [-0.05, 0) is 12.8 Å². The van der Waals surface area contributed by atoms with Crippen LogP contribution >= 0.6 is 0 Å². The molecule has 2 saturated carbocycles. The third-order valence-corrected chi connectivity index (χ3v) is 4.48. The molecule has 2 aliphatic rings. The van der Waals surface area contributed by atoms with E-state index in [9.17, 15) is 24.3 Å². The molecule has 0 amide bonds. The van der Waals surface area contributed by atoms with Crippen LogP contribution in [0.4, 0.5) is 0 Å². The van der Waals surface area contributed by atoms with E-state index < -0.39 is 47.9 Å². The Balaban J connectivity index is 2.08. The number of Topliss-reactive ketones (excluding diaryl/α,β-unsaturated/α-hetero) is 1. The van der Waals surface area contributed by atoms with Crippen molar-refractivity contribution in [3.05, 3.63) is 0 Å². The molecule has 0 radical (unpaired) electrons. The molecule has 23 heavy (non-hydrogen) atoms. The van der Waals surface area contributed by atoms with Crippen molar-refractivity contribution < 1.29 is 38.5 Å². The minimum absolute atomic E-state index is 0.0580. The van der Waals surface area contributed by atoms with E-state index in [1.54, 1.807) is 0 Å². The number of aliphatic hydroxyl groups is 1. The number of hydrogen-bond donors (Lipinski definition) is 1. The first-order valence-corrected chi connectivity index (χ1v) is 7.50. The molecule has 1 unspecified atom stereocenters. The normalized spacial score (nSPS) is 31.0. The summed E-state index contributed by atoms with van der Waals surface area (Å²) < 4.78 is 13.8. The summed E-state index contributed by atoms with van der Waals surface area (Å²) in [6.07, 6.45) is 0.427. The number of rotatable bonds is 4. The van der Waals surface area contributed by atoms with Crippen LogP contribution in [0.1, 0.15) is 25.7 Å². The van der Waals surface area contributed by atoms with Gasteiger partial charge in [0.15, 0.2) is 0 Å². The Kier molecular flexibility index (Phi) is 5.35. The zero-order valence-corrected chi connectivity index (χ0v) is 13.0. The number of ether oxygens (including phenoxy) is 3. The van der Waals surface area contributed by atoms with Crippen LogP contribution in [0, 0.1) is 17.8 Å². The van der Waals surface area contributed by atoms with Crippen LogP contribution in [-0.4, -0.2) is 55.2 Å². The molecule has 5 atom stereocenters. The molecule has 128 valence electrons. The Bertz CT molecular complexity index is 514. The molecule has 0 aromatic rings. The summed E-state index contributed by atoms with van der Waals surface area (Å²) in [5.41, 5.74) is 0. The van der Waals surface area contributed by atoms with E-state index in [0.29, 0.717) is 12.8 Å². The van der Waals surface area contributed by atoms with Crippen molar-refractivity contribution in [3.63, 3.8) is 0 Å². The van der Waals surface area contributed by atoms with Gasteiger partial charge in [-0.15, -0.1) is 0 Å². The lowest BCUT2D eigenvalue weighted by atomic mass is 9.82. The van der Waals surface area contributed by atoms with E-state index in [1.807, 2.05) is 0 Å². The molecule has 8 nitrogen and oxygen atoms in total. The summed E-state index contributed by atoms with van der Waals surface area (Å²) in [6.45, 7) is 0. The molecular weight excluding hydrogens is 308 g/mol. The predicted octanol–water partition coefficient (Wildman–Crippen LogP) is -0.390. The highest BCUT2D eigenvalue weighted by atomic mass is 16.6. The first-order chi connectivity index (χ1) is 10.9. The summed E-state index contributed by atoms with van der Waals surface area (Å²) in [5, 5.41) is 10.4. The van der Waals surface area contributed by atoms with E-state index in [0.717, 1.165) is 20.0 Å². The monoisotopic (exact) mass is 328 g/mol. The Hall–Kier alpha value is -1.96. The topological polar surface area (TPSA) is 116 Å². The van der Waals surface area contributed by atoms with E-state index in [1.165, 1.54) is 7.11 Å². The molecular formula is C15H20O8. The summed E-state index contributed by atoms with van der Waals surface area (Å²) >= 11 is 0. The molecule has 2 fully saturated rings. The van der Waals surface area contributed by atoms with Gasteiger partial charge < -0.3 is 19.3 Å². The van der Waals surface area contributed by atoms with Crippen LogP contribution in [0.15, 0.2) is 0 Å². The largest absolute Gasteiger partial charge is 0.469 e. The average Bonchev–Trinajstić information content (AvgIpc) is 3.26. The fraction of sp³-hybridized carbons (Fsp3) is 0.733. The number of ketones is 1. The lowest BCUT2D eigenvalue weighted by Gasteiger charge is -2.25. The van der Waals surface area contributed by atoms with Crippen molar-refractivity contribution >= 4 is 23.7 Å². The van der Waals surface area contributed by atoms with Crippen LogP contribution in [0.25, 0.3) is 0 Å². The first kappa shape index (κ1) is 17.4. The summed E-state index contributed by atoms with van der Waals surface area (Å²) in [5.74, 6) is -5.35. The Morgan fingerprint density at radius 2 is 1.83 bits per heavy atom. The van der Waals surface area contributed by atoms with Gasteiger partial charge in [0.2, 0.25) is 0 Å². The number of carbonyl (C=O) groups excluding carboxylic acids is 4. The molecule has 0 bridgehead atoms. The zero-order valence-electron chi connectivity index (χ0n) is 13.0. The van der Waals surface area contributed by atoms with Gasteiger partial charge in [-0.25, -0.2) is 9.59 Å². The lowest BCUT2D eigenvalue weighted by molar-refractivity contribution is -0.168. The summed E-state index contributed by atoms with van der Waals surface area (Å²) in [6, 6.07) is 0. The third kappa shape index (κ3) is 3.52. The van der Waals surface area contributed by atoms with Gasteiger partial charge in [0.05, 0.1) is 20.3 Å². The maximum absolute atomic E-state index is 11.9. The second kappa shape index (κ2) is 7.08. The quantitative estimate of drug-likeness (QED) is 0.421. The van der Waals surface area contributed by atoms with Gasteiger partial charge in [0.25, 0.3) is 0 Å². The van der Waals surface area contributed by atoms with E-state index in [-0.39, 0.29) is 5.78 Å². The van der Waals surface area contributed by atoms with Crippen LogP contribution in [0.3, 0.4) is 0 Å². The molecule has 0 aromatic carbocycles. The third-order valence-electron chi connectivity index (χ3n) is 4.48. The number of carbonyl (C=O) groups is 4. The Morgan fingerprint density at radius 1 is 1.13 bits per heavy atom. The number of hydrogen-bond acceptors (Lipinski definition) is 8. The minimum Gasteiger partial charge on any atom is -0.469 e. The molecule has 8 heteroatoms. The van der Waals surface area contributed by atoms with E-state index in [2.05, 4.69) is 9.47 Å². The molecule has 2 aliphatic carbocycles. The smallest absolute Gasteiger partial charge is 0.417 e. The first-order valence-electron chi connectivity index (χ1n) is 7.50. The zero-order chi connectivity index (χ0) is 17.1. The van der Waals surface area contributed by atoms with Gasteiger partial charge in [0, 0.05) is 18.3 Å². The number of methoxy groups -OCH3 is 2. The van der Waals surface area contributed by atoms with Gasteiger partial charge in [-0.1, -0.05) is 6.42 Å². The molecule has 0 aliphatic heterocycles. The van der Waals surface area contributed by atoms with Crippen molar-refractivity contribution in [1.29, 1.82) is 0 Å². The maximum atomic E-state index is 11.9. The summed E-state index contributed by atoms with van der Waals surface area (Å²) in [7, 11) is 2.20. The van der Waals surface area contributed by atoms with Crippen molar-refractivity contribution in [1.82, 2.24) is 0 Å². The van der Waals surface area contributed by atoms with Crippen LogP contribution in [-0.2, 0) is 33.4 Å². The van der Waals surface area contributed by atoms with E-state index >= 15 is 0 Å². The minimum atomic E-state index is -1.24. The highest BCUT2D eigenvalue weighted by Crippen LogP contribution is 2.48. The van der Waals surface area contributed by atoms with Gasteiger partial charge >= 0.3 is 17.9 Å². The van der Waals surface area contributed by atoms with Gasteiger partial charge in [-0.2, -0.15) is 0 Å². The van der Waals surface area contributed by atoms with Crippen molar-refractivity contribution in [2.24, 2.45) is 17.8 Å². The highest BCUT2D eigenvalue weighted by molar-refractivity contribution is 6.29. The number of aliphatic hydroxyl groups excluding tert-OH is 1. The van der Waals surface area contributed by atoms with Crippen molar-refractivity contribution in [3.8, 4) is 0 Å². The Morgan fingerprint density at radius 3 is 2.39 bits per heavy atom. The standard InChI is InChI=1S/C15H20O8/c1-21-13(18)10-9(12(10)23-15(20)14(19)22-2)11(17)7-5-3-4-6-8(7)16/h7,9-12,17H,3-6H2,1-2H3/t7?,9-,10+,11+,12+/m1/s1. The number of esters is 3.